The summed E-state index contributed by atoms with van der Waals surface area (Å²) in [6, 6.07) is 3.75. The van der Waals surface area contributed by atoms with Gasteiger partial charge in [0.1, 0.15) is 0 Å². The van der Waals surface area contributed by atoms with Crippen molar-refractivity contribution in [1.82, 2.24) is 4.37 Å². The Labute approximate surface area is 70.1 Å². The summed E-state index contributed by atoms with van der Waals surface area (Å²) in [6.45, 7) is 0. The summed E-state index contributed by atoms with van der Waals surface area (Å²) in [7, 11) is 0. The molecule has 0 saturated carbocycles. The fraction of sp³-hybridized carbons (Fsp3) is 0. The highest BCUT2D eigenvalue weighted by molar-refractivity contribution is 7.13. The zero-order chi connectivity index (χ0) is 7.68. The zero-order valence-electron chi connectivity index (χ0n) is 5.31. The smallest absolute Gasteiger partial charge is 0.393 e. The Morgan fingerprint density at radius 2 is 2.45 bits per heavy atom. The van der Waals surface area contributed by atoms with E-state index >= 15 is 0 Å². The summed E-state index contributed by atoms with van der Waals surface area (Å²) in [5.41, 5.74) is 0. The first kappa shape index (κ1) is 6.75. The van der Waals surface area contributed by atoms with E-state index in [1.807, 2.05) is 17.5 Å². The third-order valence-electron chi connectivity index (χ3n) is 1.12. The Balaban J connectivity index is 2.53. The van der Waals surface area contributed by atoms with E-state index in [1.165, 1.54) is 11.3 Å². The summed E-state index contributed by atoms with van der Waals surface area (Å²) in [5, 5.41) is 1.91. The second kappa shape index (κ2) is 2.60. The highest BCUT2D eigenvalue weighted by Gasteiger charge is 2.04. The van der Waals surface area contributed by atoms with Crippen LogP contribution in [0.25, 0.3) is 10.8 Å². The molecule has 2 heterocycles. The molecule has 2 aromatic heterocycles. The molecule has 0 amide bonds. The number of nitrogens with zero attached hydrogens (tertiary/aromatic N) is 1. The molecule has 2 rings (SSSR count). The molecule has 3 nitrogen and oxygen atoms in total. The number of hydrogen-bond acceptors (Lipinski definition) is 5. The minimum atomic E-state index is -0.353. The van der Waals surface area contributed by atoms with Gasteiger partial charge in [0.25, 0.3) is 5.89 Å². The lowest BCUT2D eigenvalue weighted by atomic mass is 10.5. The molecule has 11 heavy (non-hydrogen) atoms. The Bertz CT molecular complexity index is 387. The molecule has 0 aliphatic heterocycles. The van der Waals surface area contributed by atoms with Gasteiger partial charge in [-0.2, -0.15) is 0 Å². The summed E-state index contributed by atoms with van der Waals surface area (Å²) >= 11 is 2.34. The standard InChI is InChI=1S/C6H3NO2S2/c8-6-9-5(7-11-6)4-2-1-3-10-4/h1-3H. The molecule has 0 unspecified atom stereocenters. The molecule has 0 atom stereocenters. The maximum absolute atomic E-state index is 10.6. The van der Waals surface area contributed by atoms with Crippen LogP contribution in [-0.4, -0.2) is 4.37 Å². The maximum atomic E-state index is 10.6. The molecule has 0 aliphatic carbocycles. The van der Waals surface area contributed by atoms with Crippen molar-refractivity contribution in [2.24, 2.45) is 0 Å². The molecule has 0 spiro atoms. The zero-order valence-corrected chi connectivity index (χ0v) is 6.95. The first-order valence-electron chi connectivity index (χ1n) is 2.87. The van der Waals surface area contributed by atoms with Gasteiger partial charge < -0.3 is 4.42 Å². The van der Waals surface area contributed by atoms with Gasteiger partial charge in [0.15, 0.2) is 0 Å². The minimum absolute atomic E-state index is 0.353. The predicted octanol–water partition coefficient (Wildman–Crippen LogP) is 1.82. The lowest BCUT2D eigenvalue weighted by molar-refractivity contribution is 0.544. The normalized spacial score (nSPS) is 10.2. The van der Waals surface area contributed by atoms with Crippen LogP contribution in [0.1, 0.15) is 0 Å². The molecule has 0 bridgehead atoms. The van der Waals surface area contributed by atoms with Gasteiger partial charge in [0.05, 0.1) is 16.4 Å². The van der Waals surface area contributed by atoms with E-state index in [-0.39, 0.29) is 4.94 Å². The minimum Gasteiger partial charge on any atom is -0.393 e. The van der Waals surface area contributed by atoms with Gasteiger partial charge in [-0.25, -0.2) is 4.79 Å². The molecule has 0 aromatic carbocycles. The predicted molar refractivity (Wildman–Crippen MR) is 44.0 cm³/mol. The molecule has 0 fully saturated rings. The van der Waals surface area contributed by atoms with E-state index in [2.05, 4.69) is 4.37 Å². The average molecular weight is 185 g/mol. The Morgan fingerprint density at radius 3 is 3.00 bits per heavy atom. The fourth-order valence-corrected chi connectivity index (χ4v) is 1.81. The summed E-state index contributed by atoms with van der Waals surface area (Å²) in [4.78, 5) is 11.1. The SMILES string of the molecule is O=c1oc(-c2cccs2)ns1. The fourth-order valence-electron chi connectivity index (χ4n) is 0.690. The molecule has 0 N–H and O–H groups in total. The number of thiophene rings is 1. The molecule has 5 heteroatoms. The molecular formula is C6H3NO2S2. The van der Waals surface area contributed by atoms with Crippen molar-refractivity contribution in [3.05, 3.63) is 27.2 Å². The highest BCUT2D eigenvalue weighted by atomic mass is 32.1. The molecule has 0 radical (unpaired) electrons. The first-order valence-corrected chi connectivity index (χ1v) is 4.52. The van der Waals surface area contributed by atoms with Crippen molar-refractivity contribution in [1.29, 1.82) is 0 Å². The molecule has 0 aliphatic rings. The average Bonchev–Trinajstić information content (AvgIpc) is 2.55. The first-order chi connectivity index (χ1) is 5.36. The van der Waals surface area contributed by atoms with E-state index in [9.17, 15) is 4.79 Å². The maximum Gasteiger partial charge on any atom is 0.414 e. The van der Waals surface area contributed by atoms with E-state index in [4.69, 9.17) is 4.42 Å². The van der Waals surface area contributed by atoms with Gasteiger partial charge in [-0.3, -0.25) is 0 Å². The largest absolute Gasteiger partial charge is 0.414 e. The van der Waals surface area contributed by atoms with Crippen molar-refractivity contribution >= 4 is 22.9 Å². The Kier molecular flexibility index (Phi) is 1.59. The highest BCUT2D eigenvalue weighted by Crippen LogP contribution is 2.21. The Hall–Kier alpha value is -0.940. The topological polar surface area (TPSA) is 43.1 Å². The third-order valence-corrected chi connectivity index (χ3v) is 2.46. The van der Waals surface area contributed by atoms with Crippen LogP contribution < -0.4 is 4.94 Å². The molecular weight excluding hydrogens is 182 g/mol. The van der Waals surface area contributed by atoms with Crippen LogP contribution >= 0.6 is 22.9 Å². The van der Waals surface area contributed by atoms with Crippen LogP contribution in [0.4, 0.5) is 0 Å². The summed E-state index contributed by atoms with van der Waals surface area (Å²) in [6.07, 6.45) is 0. The van der Waals surface area contributed by atoms with E-state index in [1.54, 1.807) is 0 Å². The van der Waals surface area contributed by atoms with Crippen LogP contribution in [0.15, 0.2) is 26.7 Å². The monoisotopic (exact) mass is 185 g/mol. The number of aromatic nitrogens is 1. The van der Waals surface area contributed by atoms with Crippen LogP contribution in [-0.2, 0) is 0 Å². The second-order valence-electron chi connectivity index (χ2n) is 1.82. The van der Waals surface area contributed by atoms with Crippen molar-refractivity contribution in [2.45, 2.75) is 0 Å². The lowest BCUT2D eigenvalue weighted by Crippen LogP contribution is -1.80. The van der Waals surface area contributed by atoms with Crippen LogP contribution in [0.3, 0.4) is 0 Å². The van der Waals surface area contributed by atoms with E-state index < -0.39 is 0 Å². The van der Waals surface area contributed by atoms with Gasteiger partial charge in [-0.1, -0.05) is 6.07 Å². The lowest BCUT2D eigenvalue weighted by Gasteiger charge is -1.81. The van der Waals surface area contributed by atoms with Gasteiger partial charge in [0.2, 0.25) is 0 Å². The van der Waals surface area contributed by atoms with Crippen LogP contribution in [0.5, 0.6) is 0 Å². The Morgan fingerprint density at radius 1 is 1.55 bits per heavy atom. The van der Waals surface area contributed by atoms with Gasteiger partial charge in [-0.15, -0.1) is 15.7 Å². The van der Waals surface area contributed by atoms with Crippen LogP contribution in [0, 0.1) is 0 Å². The van der Waals surface area contributed by atoms with Crippen molar-refractivity contribution in [3.8, 4) is 10.8 Å². The molecule has 2 aromatic rings. The molecule has 0 saturated heterocycles. The summed E-state index contributed by atoms with van der Waals surface area (Å²) in [5.74, 6) is 0.426. The molecule has 56 valence electrons. The second-order valence-corrected chi connectivity index (χ2v) is 3.46. The van der Waals surface area contributed by atoms with Gasteiger partial charge >= 0.3 is 4.94 Å². The quantitative estimate of drug-likeness (QED) is 0.680. The van der Waals surface area contributed by atoms with Crippen molar-refractivity contribution < 1.29 is 4.42 Å². The third kappa shape index (κ3) is 1.24. The number of hydrogen-bond donors (Lipinski definition) is 0. The van der Waals surface area contributed by atoms with Gasteiger partial charge in [0, 0.05) is 0 Å². The van der Waals surface area contributed by atoms with Crippen LogP contribution in [0.2, 0.25) is 0 Å². The van der Waals surface area contributed by atoms with E-state index in [0.29, 0.717) is 5.89 Å². The van der Waals surface area contributed by atoms with Crippen molar-refractivity contribution in [3.63, 3.8) is 0 Å². The number of rotatable bonds is 1. The van der Waals surface area contributed by atoms with E-state index in [0.717, 1.165) is 16.4 Å². The van der Waals surface area contributed by atoms with Gasteiger partial charge in [-0.05, 0) is 11.4 Å². The van der Waals surface area contributed by atoms with Crippen molar-refractivity contribution in [2.75, 3.05) is 0 Å². The summed E-state index contributed by atoms with van der Waals surface area (Å²) < 4.78 is 8.62.